The first-order valence-corrected chi connectivity index (χ1v) is 1.10. The molecule has 0 radical (unpaired) electrons. The first-order chi connectivity index (χ1) is 4.24. The van der Waals surface area contributed by atoms with E-state index in [1.807, 2.05) is 0 Å². The molecule has 0 aromatic carbocycles. The van der Waals surface area contributed by atoms with Gasteiger partial charge in [0.1, 0.15) is 0 Å². The minimum absolute atomic E-state index is 0. The third-order valence-electron chi connectivity index (χ3n) is 0. The topological polar surface area (TPSA) is 157 Å². The van der Waals surface area contributed by atoms with Gasteiger partial charge in [-0.1, -0.05) is 0 Å². The van der Waals surface area contributed by atoms with Gasteiger partial charge in [0.2, 0.25) is 0 Å². The van der Waals surface area contributed by atoms with E-state index in [1.54, 1.807) is 0 Å². The van der Waals surface area contributed by atoms with Crippen LogP contribution in [0.2, 0.25) is 0 Å². The van der Waals surface area contributed by atoms with Gasteiger partial charge in [0.25, 0.3) is 0 Å². The van der Waals surface area contributed by atoms with Crippen LogP contribution in [-0.4, -0.2) is 0 Å². The fraction of sp³-hybridized carbons (Fsp3) is 0. The quantitative estimate of drug-likeness (QED) is 0.474. The van der Waals surface area contributed by atoms with Crippen molar-refractivity contribution in [2.75, 3.05) is 0 Å². The standard InChI is InChI=1S/Er.3HNO2/c;3*2-1-3/h;3*(H,2,3)/p-3. The third kappa shape index (κ3) is 1010. The van der Waals surface area contributed by atoms with Crippen molar-refractivity contribution in [2.45, 2.75) is 0 Å². The molecule has 66 valence electrons. The summed E-state index contributed by atoms with van der Waals surface area (Å²) in [5.41, 5.74) is 0. The van der Waals surface area contributed by atoms with Crippen LogP contribution in [0.1, 0.15) is 0 Å². The van der Waals surface area contributed by atoms with Gasteiger partial charge in [-0.2, -0.15) is 0 Å². The van der Waals surface area contributed by atoms with Crippen LogP contribution in [0.3, 0.4) is 0 Å². The maximum Gasteiger partial charge on any atom is 0 e. The minimum atomic E-state index is 0. The van der Waals surface area contributed by atoms with E-state index in [9.17, 15) is 0 Å². The molecule has 0 saturated carbocycles. The zero-order valence-electron chi connectivity index (χ0n) is 4.08. The fourth-order valence-corrected chi connectivity index (χ4v) is 0. The molecule has 9 nitrogen and oxygen atoms in total. The van der Waals surface area contributed by atoms with Crippen molar-refractivity contribution in [1.29, 1.82) is 0 Å². The summed E-state index contributed by atoms with van der Waals surface area (Å²) in [5.74, 6) is 0. The molecule has 0 aliphatic carbocycles. The van der Waals surface area contributed by atoms with E-state index in [-0.39, 0.29) is 37.3 Å². The Bertz CT molecular complexity index is 49.7. The number of hydrogen-bond donors (Lipinski definition) is 0. The van der Waals surface area contributed by atoms with Crippen molar-refractivity contribution >= 4 is 0 Å². The van der Waals surface area contributed by atoms with E-state index < -0.39 is 0 Å². The van der Waals surface area contributed by atoms with Crippen LogP contribution in [0.4, 0.5) is 0 Å². The zero-order valence-corrected chi connectivity index (χ0v) is 5.93. The third-order valence-corrected chi connectivity index (χ3v) is 0. The molecule has 0 aliphatic heterocycles. The molecule has 0 heterocycles. The molecular weight excluding hydrogens is 305 g/mol. The molecule has 0 spiro atoms. The van der Waals surface area contributed by atoms with Gasteiger partial charge in [0.15, 0.2) is 0 Å². The van der Waals surface area contributed by atoms with E-state index in [4.69, 9.17) is 30.3 Å². The van der Waals surface area contributed by atoms with Gasteiger partial charge in [-0.05, 0) is 0 Å². The van der Waals surface area contributed by atoms with Crippen LogP contribution in [0.15, 0.2) is 16.0 Å². The van der Waals surface area contributed by atoms with E-state index in [0.717, 1.165) is 16.0 Å². The minimum Gasteiger partial charge on any atom is -0.444 e. The summed E-state index contributed by atoms with van der Waals surface area (Å²) < 4.78 is 0. The predicted molar refractivity (Wildman–Crippen MR) is 27.5 cm³/mol. The monoisotopic (exact) mass is 304 g/mol. The predicted octanol–water partition coefficient (Wildman–Crippen LogP) is 0.752. The maximum absolute atomic E-state index is 8.00. The van der Waals surface area contributed by atoms with Crippen molar-refractivity contribution in [3.8, 4) is 0 Å². The maximum atomic E-state index is 8.00. The molecule has 0 aliphatic rings. The molecule has 0 N–H and O–H groups in total. The summed E-state index contributed by atoms with van der Waals surface area (Å²) in [5, 5.41) is 27.0. The van der Waals surface area contributed by atoms with Crippen LogP contribution in [0.25, 0.3) is 0 Å². The Kier molecular flexibility index (Phi) is 178. The Morgan fingerprint density at radius 2 is 0.700 bits per heavy atom. The Morgan fingerprint density at radius 1 is 0.700 bits per heavy atom. The molecular formula is ErN3O6-3. The number of nitrogens with zero attached hydrogens (tertiary/aromatic N) is 3. The van der Waals surface area contributed by atoms with Crippen LogP contribution < -0.4 is 0 Å². The van der Waals surface area contributed by atoms with Gasteiger partial charge in [-0.15, -0.1) is 16.0 Å². The molecule has 0 unspecified atom stereocenters. The van der Waals surface area contributed by atoms with E-state index in [2.05, 4.69) is 0 Å². The molecule has 0 atom stereocenters. The van der Waals surface area contributed by atoms with Crippen molar-refractivity contribution in [3.63, 3.8) is 0 Å². The average molecular weight is 305 g/mol. The van der Waals surface area contributed by atoms with Crippen molar-refractivity contribution in [1.82, 2.24) is 0 Å². The smallest absolute Gasteiger partial charge is 0 e. The van der Waals surface area contributed by atoms with Gasteiger partial charge >= 0.3 is 0 Å². The normalized spacial score (nSPS) is 3.60. The van der Waals surface area contributed by atoms with E-state index >= 15 is 0 Å². The molecule has 0 fully saturated rings. The van der Waals surface area contributed by atoms with Crippen LogP contribution in [0.5, 0.6) is 0 Å². The number of rotatable bonds is 0. The number of hydrogen-bond acceptors (Lipinski definition) is 9. The second-order valence-corrected chi connectivity index (χ2v) is 0.224. The van der Waals surface area contributed by atoms with Crippen LogP contribution >= 0.6 is 0 Å². The molecule has 0 rings (SSSR count). The molecule has 10 heavy (non-hydrogen) atoms. The average Bonchev–Trinajstić information content (AvgIpc) is 1.70. The van der Waals surface area contributed by atoms with Crippen molar-refractivity contribution in [2.24, 2.45) is 16.0 Å². The summed E-state index contributed by atoms with van der Waals surface area (Å²) >= 11 is 0. The largest absolute Gasteiger partial charge is 0.444 e. The summed E-state index contributed by atoms with van der Waals surface area (Å²) in [6.07, 6.45) is 0. The van der Waals surface area contributed by atoms with Crippen LogP contribution in [-0.2, 0) is 0 Å². The summed E-state index contributed by atoms with van der Waals surface area (Å²) in [6, 6.07) is 0. The Labute approximate surface area is 83.4 Å². The van der Waals surface area contributed by atoms with Gasteiger partial charge < -0.3 is 30.3 Å². The zero-order chi connectivity index (χ0) is 8.12. The molecule has 0 bridgehead atoms. The molecule has 0 aromatic rings. The summed E-state index contributed by atoms with van der Waals surface area (Å²) in [6.45, 7) is 0. The SMILES string of the molecule is O=N[O-].O=N[O-].O=N[O-].[Er]. The molecule has 0 amide bonds. The van der Waals surface area contributed by atoms with Crippen molar-refractivity contribution < 1.29 is 37.3 Å². The first-order valence-electron chi connectivity index (χ1n) is 1.10. The van der Waals surface area contributed by atoms with Crippen LogP contribution in [0, 0.1) is 67.6 Å². The fourth-order valence-electron chi connectivity index (χ4n) is 0. The van der Waals surface area contributed by atoms with Gasteiger partial charge in [0, 0.05) is 37.3 Å². The summed E-state index contributed by atoms with van der Waals surface area (Å²) in [4.78, 5) is 24.0. The summed E-state index contributed by atoms with van der Waals surface area (Å²) in [7, 11) is 0. The first kappa shape index (κ1) is 22.7. The Hall–Kier alpha value is -0.553. The van der Waals surface area contributed by atoms with Crippen molar-refractivity contribution in [3.05, 3.63) is 30.3 Å². The van der Waals surface area contributed by atoms with E-state index in [0.29, 0.717) is 0 Å². The molecule has 0 saturated heterocycles. The second-order valence-electron chi connectivity index (χ2n) is 0.224. The van der Waals surface area contributed by atoms with Gasteiger partial charge in [0.05, 0.1) is 0 Å². The second kappa shape index (κ2) is 78.2. The Balaban J connectivity index is -0.0000000257. The van der Waals surface area contributed by atoms with Gasteiger partial charge in [-0.25, -0.2) is 0 Å². The van der Waals surface area contributed by atoms with E-state index in [1.165, 1.54) is 0 Å². The molecule has 10 heteroatoms. The molecule has 0 aromatic heterocycles. The van der Waals surface area contributed by atoms with Gasteiger partial charge in [-0.3, -0.25) is 0 Å². The Morgan fingerprint density at radius 3 is 0.700 bits per heavy atom.